The maximum absolute atomic E-state index is 10.9. The van der Waals surface area contributed by atoms with Gasteiger partial charge in [-0.25, -0.2) is 0 Å². The summed E-state index contributed by atoms with van der Waals surface area (Å²) >= 11 is 0. The van der Waals surface area contributed by atoms with E-state index in [0.717, 1.165) is 12.8 Å². The molecule has 1 rings (SSSR count). The maximum Gasteiger partial charge on any atom is 0.309 e. The van der Waals surface area contributed by atoms with E-state index >= 15 is 0 Å². The van der Waals surface area contributed by atoms with Crippen LogP contribution in [0.25, 0.3) is 0 Å². The Bertz CT molecular complexity index is 384. The maximum atomic E-state index is 10.9. The molecule has 0 saturated heterocycles. The number of rotatable bonds is 8. The van der Waals surface area contributed by atoms with Gasteiger partial charge in [-0.1, -0.05) is 36.8 Å². The smallest absolute Gasteiger partial charge is 0.309 e. The average molecular weight is 264 g/mol. The molecule has 19 heavy (non-hydrogen) atoms. The minimum absolute atomic E-state index is 0.0914. The minimum atomic E-state index is -0.730. The first kappa shape index (κ1) is 15.7. The zero-order chi connectivity index (χ0) is 14.3. The summed E-state index contributed by atoms with van der Waals surface area (Å²) < 4.78 is 5.76. The van der Waals surface area contributed by atoms with Crippen LogP contribution in [0, 0.1) is 5.41 Å². The van der Waals surface area contributed by atoms with Gasteiger partial charge in [0, 0.05) is 6.61 Å². The SMILES string of the molecule is CC(OCCCCC(C)(C)C(=O)O)c1ccccc1. The van der Waals surface area contributed by atoms with Crippen molar-refractivity contribution in [1.82, 2.24) is 0 Å². The second-order valence-corrected chi connectivity index (χ2v) is 5.57. The molecule has 0 aromatic heterocycles. The second kappa shape index (κ2) is 7.29. The minimum Gasteiger partial charge on any atom is -0.481 e. The number of ether oxygens (including phenoxy) is 1. The standard InChI is InChI=1S/C16H24O3/c1-13(14-9-5-4-6-10-14)19-12-8-7-11-16(2,3)15(17)18/h4-6,9-10,13H,7-8,11-12H2,1-3H3,(H,17,18). The van der Waals surface area contributed by atoms with Crippen LogP contribution in [0.2, 0.25) is 0 Å². The molecule has 0 aliphatic heterocycles. The molecule has 0 heterocycles. The molecule has 0 aliphatic carbocycles. The third kappa shape index (κ3) is 5.43. The van der Waals surface area contributed by atoms with Crippen LogP contribution in [0.15, 0.2) is 30.3 Å². The summed E-state index contributed by atoms with van der Waals surface area (Å²) in [5.74, 6) is -0.730. The van der Waals surface area contributed by atoms with Gasteiger partial charge in [-0.2, -0.15) is 0 Å². The van der Waals surface area contributed by atoms with Crippen molar-refractivity contribution in [3.63, 3.8) is 0 Å². The first-order valence-electron chi connectivity index (χ1n) is 6.83. The third-order valence-corrected chi connectivity index (χ3v) is 3.41. The van der Waals surface area contributed by atoms with Crippen molar-refractivity contribution >= 4 is 5.97 Å². The molecule has 0 spiro atoms. The number of carboxylic acid groups (broad SMARTS) is 1. The lowest BCUT2D eigenvalue weighted by molar-refractivity contribution is -0.147. The lowest BCUT2D eigenvalue weighted by Gasteiger charge is -2.19. The summed E-state index contributed by atoms with van der Waals surface area (Å²) in [6.07, 6.45) is 2.55. The molecule has 1 aromatic carbocycles. The number of unbranched alkanes of at least 4 members (excludes halogenated alkanes) is 1. The average Bonchev–Trinajstić information content (AvgIpc) is 2.38. The molecule has 1 atom stereocenters. The molecular formula is C16H24O3. The van der Waals surface area contributed by atoms with Crippen molar-refractivity contribution in [3.05, 3.63) is 35.9 Å². The van der Waals surface area contributed by atoms with Gasteiger partial charge in [-0.15, -0.1) is 0 Å². The molecule has 1 aromatic rings. The molecule has 1 N–H and O–H groups in total. The number of hydrogen-bond donors (Lipinski definition) is 1. The zero-order valence-electron chi connectivity index (χ0n) is 12.1. The fourth-order valence-electron chi connectivity index (χ4n) is 1.86. The van der Waals surface area contributed by atoms with Crippen LogP contribution in [0.3, 0.4) is 0 Å². The second-order valence-electron chi connectivity index (χ2n) is 5.57. The summed E-state index contributed by atoms with van der Waals surface area (Å²) in [4.78, 5) is 10.9. The van der Waals surface area contributed by atoms with Crippen LogP contribution < -0.4 is 0 Å². The predicted molar refractivity (Wildman–Crippen MR) is 76.1 cm³/mol. The number of carboxylic acids is 1. The fourth-order valence-corrected chi connectivity index (χ4v) is 1.86. The quantitative estimate of drug-likeness (QED) is 0.721. The summed E-state index contributed by atoms with van der Waals surface area (Å²) in [5, 5.41) is 9.00. The molecule has 1 unspecified atom stereocenters. The van der Waals surface area contributed by atoms with Crippen molar-refractivity contribution < 1.29 is 14.6 Å². The summed E-state index contributed by atoms with van der Waals surface area (Å²) in [7, 11) is 0. The molecule has 0 radical (unpaired) electrons. The zero-order valence-corrected chi connectivity index (χ0v) is 12.1. The molecule has 106 valence electrons. The topological polar surface area (TPSA) is 46.5 Å². The van der Waals surface area contributed by atoms with E-state index in [4.69, 9.17) is 9.84 Å². The van der Waals surface area contributed by atoms with Gasteiger partial charge in [0.05, 0.1) is 11.5 Å². The van der Waals surface area contributed by atoms with Crippen molar-refractivity contribution in [1.29, 1.82) is 0 Å². The highest BCUT2D eigenvalue weighted by Crippen LogP contribution is 2.23. The van der Waals surface area contributed by atoms with Crippen LogP contribution in [0.5, 0.6) is 0 Å². The van der Waals surface area contributed by atoms with Crippen molar-refractivity contribution in [2.75, 3.05) is 6.61 Å². The van der Waals surface area contributed by atoms with Crippen molar-refractivity contribution in [3.8, 4) is 0 Å². The molecule has 0 aliphatic rings. The van der Waals surface area contributed by atoms with Gasteiger partial charge in [0.15, 0.2) is 0 Å². The van der Waals surface area contributed by atoms with Crippen LogP contribution in [0.4, 0.5) is 0 Å². The van der Waals surface area contributed by atoms with E-state index in [-0.39, 0.29) is 6.10 Å². The number of carbonyl (C=O) groups is 1. The van der Waals surface area contributed by atoms with E-state index in [1.807, 2.05) is 25.1 Å². The van der Waals surface area contributed by atoms with Gasteiger partial charge in [0.1, 0.15) is 0 Å². The van der Waals surface area contributed by atoms with E-state index in [1.165, 1.54) is 5.56 Å². The van der Waals surface area contributed by atoms with Gasteiger partial charge in [-0.3, -0.25) is 4.79 Å². The molecular weight excluding hydrogens is 240 g/mol. The van der Waals surface area contributed by atoms with E-state index < -0.39 is 11.4 Å². The van der Waals surface area contributed by atoms with Crippen molar-refractivity contribution in [2.24, 2.45) is 5.41 Å². The van der Waals surface area contributed by atoms with E-state index in [9.17, 15) is 4.79 Å². The Balaban J connectivity index is 2.20. The van der Waals surface area contributed by atoms with Crippen LogP contribution in [-0.2, 0) is 9.53 Å². The molecule has 0 amide bonds. The van der Waals surface area contributed by atoms with E-state index in [2.05, 4.69) is 12.1 Å². The largest absolute Gasteiger partial charge is 0.481 e. The first-order chi connectivity index (χ1) is 8.93. The Morgan fingerprint density at radius 2 is 1.89 bits per heavy atom. The summed E-state index contributed by atoms with van der Waals surface area (Å²) in [6, 6.07) is 10.1. The molecule has 0 saturated carbocycles. The number of benzene rings is 1. The Hall–Kier alpha value is -1.35. The Morgan fingerprint density at radius 1 is 1.26 bits per heavy atom. The first-order valence-corrected chi connectivity index (χ1v) is 6.83. The highest BCUT2D eigenvalue weighted by Gasteiger charge is 2.25. The van der Waals surface area contributed by atoms with Crippen LogP contribution in [-0.4, -0.2) is 17.7 Å². The lowest BCUT2D eigenvalue weighted by Crippen LogP contribution is -2.23. The van der Waals surface area contributed by atoms with E-state index in [0.29, 0.717) is 13.0 Å². The fraction of sp³-hybridized carbons (Fsp3) is 0.562. The van der Waals surface area contributed by atoms with Gasteiger partial charge in [0.25, 0.3) is 0 Å². The summed E-state index contributed by atoms with van der Waals surface area (Å²) in [6.45, 7) is 6.24. The van der Waals surface area contributed by atoms with Crippen molar-refractivity contribution in [2.45, 2.75) is 46.1 Å². The third-order valence-electron chi connectivity index (χ3n) is 3.41. The normalized spacial score (nSPS) is 13.2. The monoisotopic (exact) mass is 264 g/mol. The van der Waals surface area contributed by atoms with Gasteiger partial charge >= 0.3 is 5.97 Å². The van der Waals surface area contributed by atoms with Gasteiger partial charge in [-0.05, 0) is 39.2 Å². The molecule has 3 nitrogen and oxygen atoms in total. The van der Waals surface area contributed by atoms with Gasteiger partial charge in [0.2, 0.25) is 0 Å². The highest BCUT2D eigenvalue weighted by atomic mass is 16.5. The van der Waals surface area contributed by atoms with E-state index in [1.54, 1.807) is 13.8 Å². The van der Waals surface area contributed by atoms with Gasteiger partial charge < -0.3 is 9.84 Å². The Kier molecular flexibility index (Phi) is 6.03. The predicted octanol–water partition coefficient (Wildman–Crippen LogP) is 4.05. The summed E-state index contributed by atoms with van der Waals surface area (Å²) in [5.41, 5.74) is 0.541. The number of aliphatic carboxylic acids is 1. The number of hydrogen-bond acceptors (Lipinski definition) is 2. The molecule has 3 heteroatoms. The molecule has 0 fully saturated rings. The highest BCUT2D eigenvalue weighted by molar-refractivity contribution is 5.73. The lowest BCUT2D eigenvalue weighted by atomic mass is 9.87. The van der Waals surface area contributed by atoms with Crippen LogP contribution >= 0.6 is 0 Å². The molecule has 0 bridgehead atoms. The van der Waals surface area contributed by atoms with Crippen LogP contribution in [0.1, 0.15) is 51.7 Å². The Labute approximate surface area is 115 Å². The Morgan fingerprint density at radius 3 is 2.47 bits per heavy atom.